The maximum atomic E-state index is 11.4. The van der Waals surface area contributed by atoms with E-state index in [0.29, 0.717) is 6.04 Å². The Labute approximate surface area is 98.8 Å². The zero-order valence-corrected chi connectivity index (χ0v) is 10.8. The first-order chi connectivity index (χ1) is 7.56. The Morgan fingerprint density at radius 2 is 1.94 bits per heavy atom. The van der Waals surface area contributed by atoms with Crippen molar-refractivity contribution in [3.8, 4) is 0 Å². The van der Waals surface area contributed by atoms with Crippen molar-refractivity contribution < 1.29 is 9.90 Å². The monoisotopic (exact) mass is 227 g/mol. The average molecular weight is 227 g/mol. The number of rotatable bonds is 6. The van der Waals surface area contributed by atoms with Gasteiger partial charge in [-0.2, -0.15) is 0 Å². The maximum Gasteiger partial charge on any atom is 0.323 e. The third-order valence-corrected chi connectivity index (χ3v) is 3.84. The molecule has 1 aliphatic heterocycles. The minimum atomic E-state index is -0.651. The van der Waals surface area contributed by atoms with Crippen molar-refractivity contribution in [1.29, 1.82) is 0 Å². The first-order valence-electron chi connectivity index (χ1n) is 6.56. The van der Waals surface area contributed by atoms with Gasteiger partial charge in [0.1, 0.15) is 5.54 Å². The van der Waals surface area contributed by atoms with Crippen molar-refractivity contribution in [2.75, 3.05) is 6.54 Å². The van der Waals surface area contributed by atoms with Crippen molar-refractivity contribution in [3.05, 3.63) is 0 Å². The molecule has 16 heavy (non-hydrogen) atoms. The number of hydrogen-bond acceptors (Lipinski definition) is 2. The normalized spacial score (nSPS) is 26.5. The molecule has 0 saturated carbocycles. The van der Waals surface area contributed by atoms with Gasteiger partial charge in [-0.3, -0.25) is 9.69 Å². The fraction of sp³-hybridized carbons (Fsp3) is 0.923. The van der Waals surface area contributed by atoms with Crippen LogP contribution in [0.4, 0.5) is 0 Å². The zero-order chi connectivity index (χ0) is 12.2. The summed E-state index contributed by atoms with van der Waals surface area (Å²) in [5.41, 5.74) is -0.616. The molecule has 1 heterocycles. The highest BCUT2D eigenvalue weighted by atomic mass is 16.4. The van der Waals surface area contributed by atoms with Crippen LogP contribution in [0.3, 0.4) is 0 Å². The van der Waals surface area contributed by atoms with Gasteiger partial charge in [0.25, 0.3) is 0 Å². The van der Waals surface area contributed by atoms with E-state index in [-0.39, 0.29) is 0 Å². The predicted octanol–water partition coefficient (Wildman–Crippen LogP) is 2.89. The summed E-state index contributed by atoms with van der Waals surface area (Å²) in [5, 5.41) is 9.39. The number of carboxylic acids is 1. The van der Waals surface area contributed by atoms with E-state index in [1.165, 1.54) is 0 Å². The molecular formula is C13H25NO2. The fourth-order valence-electron chi connectivity index (χ4n) is 2.92. The Morgan fingerprint density at radius 1 is 1.38 bits per heavy atom. The highest BCUT2D eigenvalue weighted by Gasteiger charge is 2.45. The summed E-state index contributed by atoms with van der Waals surface area (Å²) in [6, 6.07) is 0.457. The lowest BCUT2D eigenvalue weighted by Crippen LogP contribution is -2.52. The number of nitrogens with zero attached hydrogens (tertiary/aromatic N) is 1. The van der Waals surface area contributed by atoms with Crippen LogP contribution in [0.2, 0.25) is 0 Å². The lowest BCUT2D eigenvalue weighted by atomic mass is 9.95. The number of carboxylic acid groups (broad SMARTS) is 1. The molecule has 0 aromatic heterocycles. The first kappa shape index (κ1) is 13.5. The van der Waals surface area contributed by atoms with Crippen LogP contribution < -0.4 is 0 Å². The molecule has 0 bridgehead atoms. The van der Waals surface area contributed by atoms with E-state index in [4.69, 9.17) is 0 Å². The van der Waals surface area contributed by atoms with Gasteiger partial charge in [0.15, 0.2) is 0 Å². The van der Waals surface area contributed by atoms with Crippen LogP contribution in [0.1, 0.15) is 59.3 Å². The van der Waals surface area contributed by atoms with Crippen LogP contribution in [0.5, 0.6) is 0 Å². The van der Waals surface area contributed by atoms with Crippen LogP contribution in [-0.2, 0) is 4.79 Å². The van der Waals surface area contributed by atoms with Crippen molar-refractivity contribution in [3.63, 3.8) is 0 Å². The second-order valence-electron chi connectivity index (χ2n) is 5.11. The standard InChI is InChI=1S/C13H25NO2/c1-4-7-11(8-5-2)14-10-6-9-13(14,3)12(15)16/h11H,4-10H2,1-3H3,(H,15,16). The Hall–Kier alpha value is -0.570. The zero-order valence-electron chi connectivity index (χ0n) is 10.8. The van der Waals surface area contributed by atoms with E-state index in [1.54, 1.807) is 0 Å². The van der Waals surface area contributed by atoms with Crippen LogP contribution >= 0.6 is 0 Å². The molecule has 1 atom stereocenters. The number of likely N-dealkylation sites (tertiary alicyclic amines) is 1. The summed E-state index contributed by atoms with van der Waals surface area (Å²) in [7, 11) is 0. The Balaban J connectivity index is 2.78. The van der Waals surface area contributed by atoms with Gasteiger partial charge in [-0.15, -0.1) is 0 Å². The summed E-state index contributed by atoms with van der Waals surface area (Å²) in [6.07, 6.45) is 6.33. The van der Waals surface area contributed by atoms with Crippen molar-refractivity contribution >= 4 is 5.97 Å². The molecular weight excluding hydrogens is 202 g/mol. The predicted molar refractivity (Wildman–Crippen MR) is 65.6 cm³/mol. The SMILES string of the molecule is CCCC(CCC)N1CCCC1(C)C(=O)O. The molecule has 94 valence electrons. The smallest absolute Gasteiger partial charge is 0.323 e. The summed E-state index contributed by atoms with van der Waals surface area (Å²) in [5.74, 6) is -0.651. The van der Waals surface area contributed by atoms with Gasteiger partial charge in [-0.25, -0.2) is 0 Å². The molecule has 1 rings (SSSR count). The molecule has 1 saturated heterocycles. The molecule has 1 aliphatic rings. The second kappa shape index (κ2) is 5.67. The summed E-state index contributed by atoms with van der Waals surface area (Å²) < 4.78 is 0. The second-order valence-corrected chi connectivity index (χ2v) is 5.11. The Morgan fingerprint density at radius 3 is 2.38 bits per heavy atom. The van der Waals surface area contributed by atoms with Gasteiger partial charge in [-0.05, 0) is 39.2 Å². The molecule has 1 N–H and O–H groups in total. The van der Waals surface area contributed by atoms with Gasteiger partial charge in [0.2, 0.25) is 0 Å². The van der Waals surface area contributed by atoms with E-state index in [0.717, 1.165) is 45.1 Å². The third kappa shape index (κ3) is 2.57. The highest BCUT2D eigenvalue weighted by Crippen LogP contribution is 2.33. The largest absolute Gasteiger partial charge is 0.480 e. The lowest BCUT2D eigenvalue weighted by molar-refractivity contribution is -0.150. The van der Waals surface area contributed by atoms with E-state index in [1.807, 2.05) is 6.92 Å². The number of aliphatic carboxylic acids is 1. The van der Waals surface area contributed by atoms with E-state index in [9.17, 15) is 9.90 Å². The molecule has 1 unspecified atom stereocenters. The van der Waals surface area contributed by atoms with Crippen molar-refractivity contribution in [2.45, 2.75) is 70.9 Å². The topological polar surface area (TPSA) is 40.5 Å². The quantitative estimate of drug-likeness (QED) is 0.758. The van der Waals surface area contributed by atoms with Crippen molar-refractivity contribution in [2.24, 2.45) is 0 Å². The average Bonchev–Trinajstić information content (AvgIpc) is 2.61. The molecule has 0 aromatic rings. The summed E-state index contributed by atoms with van der Waals surface area (Å²) in [6.45, 7) is 7.20. The highest BCUT2D eigenvalue weighted by molar-refractivity contribution is 5.78. The molecule has 0 aliphatic carbocycles. The van der Waals surface area contributed by atoms with Crippen LogP contribution in [-0.4, -0.2) is 34.1 Å². The molecule has 3 heteroatoms. The lowest BCUT2D eigenvalue weighted by Gasteiger charge is -2.38. The number of carbonyl (C=O) groups is 1. The molecule has 0 spiro atoms. The van der Waals surface area contributed by atoms with Gasteiger partial charge in [0, 0.05) is 6.04 Å². The molecule has 0 amide bonds. The van der Waals surface area contributed by atoms with Crippen molar-refractivity contribution in [1.82, 2.24) is 4.90 Å². The summed E-state index contributed by atoms with van der Waals surface area (Å²) in [4.78, 5) is 13.6. The first-order valence-corrected chi connectivity index (χ1v) is 6.56. The molecule has 3 nitrogen and oxygen atoms in total. The maximum absolute atomic E-state index is 11.4. The number of hydrogen-bond donors (Lipinski definition) is 1. The fourth-order valence-corrected chi connectivity index (χ4v) is 2.92. The molecule has 0 aromatic carbocycles. The van der Waals surface area contributed by atoms with Gasteiger partial charge < -0.3 is 5.11 Å². The van der Waals surface area contributed by atoms with E-state index < -0.39 is 11.5 Å². The van der Waals surface area contributed by atoms with Crippen LogP contribution in [0, 0.1) is 0 Å². The van der Waals surface area contributed by atoms with Crippen LogP contribution in [0.25, 0.3) is 0 Å². The third-order valence-electron chi connectivity index (χ3n) is 3.84. The minimum absolute atomic E-state index is 0.457. The Kier molecular flexibility index (Phi) is 4.78. The molecule has 1 fully saturated rings. The van der Waals surface area contributed by atoms with Gasteiger partial charge in [0.05, 0.1) is 0 Å². The van der Waals surface area contributed by atoms with E-state index >= 15 is 0 Å². The van der Waals surface area contributed by atoms with E-state index in [2.05, 4.69) is 18.7 Å². The summed E-state index contributed by atoms with van der Waals surface area (Å²) >= 11 is 0. The minimum Gasteiger partial charge on any atom is -0.480 e. The van der Waals surface area contributed by atoms with Gasteiger partial charge >= 0.3 is 5.97 Å². The Bertz CT molecular complexity index is 236. The van der Waals surface area contributed by atoms with Crippen LogP contribution in [0.15, 0.2) is 0 Å². The van der Waals surface area contributed by atoms with Gasteiger partial charge in [-0.1, -0.05) is 26.7 Å². The molecule has 0 radical (unpaired) electrons.